The number of methoxy groups -OCH3 is 1. The molecule has 1 atom stereocenters. The number of tetrazole rings is 1. The highest BCUT2D eigenvalue weighted by Gasteiger charge is 2.24. The number of nitrogens with one attached hydrogen (secondary N) is 1. The van der Waals surface area contributed by atoms with Gasteiger partial charge in [-0.05, 0) is 46.7 Å². The summed E-state index contributed by atoms with van der Waals surface area (Å²) >= 11 is 1.32. The number of likely N-dealkylation sites (tertiary alicyclic amines) is 1. The van der Waals surface area contributed by atoms with E-state index in [0.717, 1.165) is 37.5 Å². The SMILES string of the molecule is COc1ccc(-n2nnnc2SCC(=O)N[C@@H]2CCN(Cc3ccccc3)C2)cc1. The van der Waals surface area contributed by atoms with Gasteiger partial charge in [-0.1, -0.05) is 42.1 Å². The Bertz CT molecular complexity index is 963. The molecule has 3 aromatic rings. The maximum Gasteiger partial charge on any atom is 0.230 e. The Kier molecular flexibility index (Phi) is 6.60. The monoisotopic (exact) mass is 424 g/mol. The van der Waals surface area contributed by atoms with Gasteiger partial charge in [-0.15, -0.1) is 5.10 Å². The van der Waals surface area contributed by atoms with E-state index in [1.54, 1.807) is 11.8 Å². The average Bonchev–Trinajstić information content (AvgIpc) is 3.42. The van der Waals surface area contributed by atoms with E-state index in [9.17, 15) is 4.79 Å². The van der Waals surface area contributed by atoms with Crippen LogP contribution in [0.5, 0.6) is 5.75 Å². The predicted octanol–water partition coefficient (Wildman–Crippen LogP) is 2.15. The maximum absolute atomic E-state index is 12.4. The zero-order valence-corrected chi connectivity index (χ0v) is 17.6. The van der Waals surface area contributed by atoms with Crippen LogP contribution in [0.25, 0.3) is 5.69 Å². The molecule has 0 saturated carbocycles. The van der Waals surface area contributed by atoms with Crippen LogP contribution in [0.2, 0.25) is 0 Å². The Hall–Kier alpha value is -2.91. The molecule has 1 N–H and O–H groups in total. The molecule has 1 aromatic heterocycles. The van der Waals surface area contributed by atoms with Gasteiger partial charge in [-0.3, -0.25) is 9.69 Å². The first-order valence-electron chi connectivity index (χ1n) is 9.82. The fraction of sp³-hybridized carbons (Fsp3) is 0.333. The third kappa shape index (κ3) is 5.17. The molecule has 4 rings (SSSR count). The molecular weight excluding hydrogens is 400 g/mol. The Morgan fingerprint density at radius 3 is 2.77 bits per heavy atom. The molecular formula is C21H24N6O2S. The lowest BCUT2D eigenvalue weighted by molar-refractivity contribution is -0.119. The summed E-state index contributed by atoms with van der Waals surface area (Å²) in [5, 5.41) is 15.5. The van der Waals surface area contributed by atoms with Crippen LogP contribution >= 0.6 is 11.8 Å². The summed E-state index contributed by atoms with van der Waals surface area (Å²) in [5.41, 5.74) is 2.11. The second-order valence-corrected chi connectivity index (χ2v) is 8.08. The van der Waals surface area contributed by atoms with Gasteiger partial charge in [0, 0.05) is 25.7 Å². The topological polar surface area (TPSA) is 85.2 Å². The lowest BCUT2D eigenvalue weighted by atomic mass is 10.2. The van der Waals surface area contributed by atoms with E-state index in [1.165, 1.54) is 17.3 Å². The summed E-state index contributed by atoms with van der Waals surface area (Å²) in [6.45, 7) is 2.77. The third-order valence-corrected chi connectivity index (χ3v) is 5.90. The molecule has 1 amide bonds. The van der Waals surface area contributed by atoms with Gasteiger partial charge in [0.15, 0.2) is 0 Å². The Morgan fingerprint density at radius 2 is 2.00 bits per heavy atom. The van der Waals surface area contributed by atoms with Crippen LogP contribution in [-0.2, 0) is 11.3 Å². The van der Waals surface area contributed by atoms with Crippen molar-refractivity contribution in [3.8, 4) is 11.4 Å². The van der Waals surface area contributed by atoms with Gasteiger partial charge in [0.2, 0.25) is 11.1 Å². The third-order valence-electron chi connectivity index (χ3n) is 4.98. The van der Waals surface area contributed by atoms with Gasteiger partial charge in [0.1, 0.15) is 5.75 Å². The van der Waals surface area contributed by atoms with E-state index < -0.39 is 0 Å². The summed E-state index contributed by atoms with van der Waals surface area (Å²) in [7, 11) is 1.62. The van der Waals surface area contributed by atoms with E-state index >= 15 is 0 Å². The molecule has 0 spiro atoms. The Morgan fingerprint density at radius 1 is 1.20 bits per heavy atom. The van der Waals surface area contributed by atoms with Crippen molar-refractivity contribution in [1.29, 1.82) is 0 Å². The number of ether oxygens (including phenoxy) is 1. The lowest BCUT2D eigenvalue weighted by Crippen LogP contribution is -2.38. The molecule has 30 heavy (non-hydrogen) atoms. The lowest BCUT2D eigenvalue weighted by Gasteiger charge is -2.16. The zero-order valence-electron chi connectivity index (χ0n) is 16.8. The molecule has 0 aliphatic carbocycles. The van der Waals surface area contributed by atoms with E-state index in [2.05, 4.69) is 50.0 Å². The fourth-order valence-corrected chi connectivity index (χ4v) is 4.19. The van der Waals surface area contributed by atoms with Crippen molar-refractivity contribution in [3.63, 3.8) is 0 Å². The van der Waals surface area contributed by atoms with Crippen molar-refractivity contribution in [1.82, 2.24) is 30.4 Å². The van der Waals surface area contributed by atoms with Gasteiger partial charge in [0.05, 0.1) is 18.6 Å². The molecule has 2 aromatic carbocycles. The van der Waals surface area contributed by atoms with Gasteiger partial charge < -0.3 is 10.1 Å². The number of hydrogen-bond acceptors (Lipinski definition) is 7. The molecule has 1 aliphatic heterocycles. The first-order chi connectivity index (χ1) is 14.7. The molecule has 9 heteroatoms. The van der Waals surface area contributed by atoms with Crippen LogP contribution in [0.4, 0.5) is 0 Å². The molecule has 0 unspecified atom stereocenters. The second-order valence-electron chi connectivity index (χ2n) is 7.13. The molecule has 0 bridgehead atoms. The second kappa shape index (κ2) is 9.73. The van der Waals surface area contributed by atoms with Crippen LogP contribution in [0.3, 0.4) is 0 Å². The molecule has 1 saturated heterocycles. The standard InChI is InChI=1S/C21H24N6O2S/c1-29-19-9-7-18(8-10-19)27-21(23-24-25-27)30-15-20(28)22-17-11-12-26(14-17)13-16-5-3-2-4-6-16/h2-10,17H,11-15H2,1H3,(H,22,28)/t17-/m1/s1. The quantitative estimate of drug-likeness (QED) is 0.555. The van der Waals surface area contributed by atoms with Gasteiger partial charge >= 0.3 is 0 Å². The molecule has 0 radical (unpaired) electrons. The highest BCUT2D eigenvalue weighted by Crippen LogP contribution is 2.20. The zero-order chi connectivity index (χ0) is 20.8. The number of carbonyl (C=O) groups is 1. The fourth-order valence-electron chi connectivity index (χ4n) is 3.49. The number of hydrogen-bond donors (Lipinski definition) is 1. The van der Waals surface area contributed by atoms with Crippen molar-refractivity contribution in [2.24, 2.45) is 0 Å². The van der Waals surface area contributed by atoms with Crippen molar-refractivity contribution in [2.45, 2.75) is 24.2 Å². The van der Waals surface area contributed by atoms with Crippen molar-refractivity contribution in [3.05, 3.63) is 60.2 Å². The largest absolute Gasteiger partial charge is 0.497 e. The van der Waals surface area contributed by atoms with Crippen molar-refractivity contribution in [2.75, 3.05) is 26.0 Å². The van der Waals surface area contributed by atoms with Gasteiger partial charge in [0.25, 0.3) is 0 Å². The van der Waals surface area contributed by atoms with E-state index in [4.69, 9.17) is 4.74 Å². The van der Waals surface area contributed by atoms with E-state index in [0.29, 0.717) is 5.16 Å². The van der Waals surface area contributed by atoms with Crippen LogP contribution in [-0.4, -0.2) is 63.0 Å². The molecule has 1 aliphatic rings. The number of aromatic nitrogens is 4. The minimum absolute atomic E-state index is 0.00385. The first-order valence-corrected chi connectivity index (χ1v) is 10.8. The number of carbonyl (C=O) groups excluding carboxylic acids is 1. The summed E-state index contributed by atoms with van der Waals surface area (Å²) in [6, 6.07) is 18.0. The van der Waals surface area contributed by atoms with Crippen molar-refractivity contribution < 1.29 is 9.53 Å². The molecule has 156 valence electrons. The summed E-state index contributed by atoms with van der Waals surface area (Å²) in [4.78, 5) is 14.8. The number of rotatable bonds is 8. The molecule has 8 nitrogen and oxygen atoms in total. The van der Waals surface area contributed by atoms with Crippen LogP contribution in [0.1, 0.15) is 12.0 Å². The molecule has 1 fully saturated rings. The number of benzene rings is 2. The van der Waals surface area contributed by atoms with Crippen LogP contribution in [0.15, 0.2) is 59.8 Å². The van der Waals surface area contributed by atoms with Gasteiger partial charge in [-0.25, -0.2) is 0 Å². The van der Waals surface area contributed by atoms with Crippen LogP contribution < -0.4 is 10.1 Å². The Balaban J connectivity index is 1.26. The van der Waals surface area contributed by atoms with E-state index in [-0.39, 0.29) is 17.7 Å². The average molecular weight is 425 g/mol. The van der Waals surface area contributed by atoms with Crippen molar-refractivity contribution >= 4 is 17.7 Å². The highest BCUT2D eigenvalue weighted by molar-refractivity contribution is 7.99. The van der Waals surface area contributed by atoms with Crippen LogP contribution in [0, 0.1) is 0 Å². The summed E-state index contributed by atoms with van der Waals surface area (Å²) in [6.07, 6.45) is 0.965. The first kappa shape index (κ1) is 20.4. The highest BCUT2D eigenvalue weighted by atomic mass is 32.2. The molecule has 2 heterocycles. The summed E-state index contributed by atoms with van der Waals surface area (Å²) in [5.74, 6) is 1.03. The smallest absolute Gasteiger partial charge is 0.230 e. The van der Waals surface area contributed by atoms with Gasteiger partial charge in [-0.2, -0.15) is 4.68 Å². The number of thioether (sulfide) groups is 1. The predicted molar refractivity (Wildman–Crippen MR) is 115 cm³/mol. The summed E-state index contributed by atoms with van der Waals surface area (Å²) < 4.78 is 6.80. The Labute approximate surface area is 179 Å². The minimum Gasteiger partial charge on any atom is -0.497 e. The maximum atomic E-state index is 12.4. The van der Waals surface area contributed by atoms with E-state index in [1.807, 2.05) is 30.3 Å². The number of nitrogens with zero attached hydrogens (tertiary/aromatic N) is 5. The normalized spacial score (nSPS) is 16.5. The number of amides is 1. The minimum atomic E-state index is -0.00385.